The van der Waals surface area contributed by atoms with E-state index in [9.17, 15) is 0 Å². The number of nitrogens with two attached hydrogens (primary N) is 1. The second kappa shape index (κ2) is 6.06. The molecule has 2 rings (SSSR count). The number of hydrogen-bond donors (Lipinski definition) is 1. The zero-order chi connectivity index (χ0) is 14.7. The minimum absolute atomic E-state index is 0.454. The Bertz CT molecular complexity index is 635. The number of benzene rings is 2. The van der Waals surface area contributed by atoms with E-state index in [0.717, 1.165) is 17.7 Å². The molecule has 0 spiro atoms. The average molecular weight is 284 g/mol. The SMILES string of the molecule is Cc1cccc(CN(C)c2ccc(C(N)=S)c(C)c2)c1. The van der Waals surface area contributed by atoms with Crippen molar-refractivity contribution < 1.29 is 0 Å². The standard InChI is InChI=1S/C17H20N2S/c1-12-5-4-6-14(9-12)11-19(3)15-7-8-16(17(18)20)13(2)10-15/h4-10H,11H2,1-3H3,(H2,18,20). The quantitative estimate of drug-likeness (QED) is 0.870. The maximum absolute atomic E-state index is 5.70. The lowest BCUT2D eigenvalue weighted by Crippen LogP contribution is -2.17. The summed E-state index contributed by atoms with van der Waals surface area (Å²) < 4.78 is 0. The number of rotatable bonds is 4. The molecule has 2 aromatic carbocycles. The van der Waals surface area contributed by atoms with Gasteiger partial charge in [-0.2, -0.15) is 0 Å². The first-order valence-corrected chi connectivity index (χ1v) is 7.05. The Labute approximate surface area is 126 Å². The van der Waals surface area contributed by atoms with Crippen molar-refractivity contribution in [1.29, 1.82) is 0 Å². The van der Waals surface area contributed by atoms with Crippen LogP contribution in [0.5, 0.6) is 0 Å². The maximum atomic E-state index is 5.70. The monoisotopic (exact) mass is 284 g/mol. The van der Waals surface area contributed by atoms with Crippen molar-refractivity contribution in [3.05, 3.63) is 64.7 Å². The van der Waals surface area contributed by atoms with Gasteiger partial charge < -0.3 is 10.6 Å². The van der Waals surface area contributed by atoms with Gasteiger partial charge in [-0.1, -0.05) is 42.0 Å². The van der Waals surface area contributed by atoms with Gasteiger partial charge in [-0.3, -0.25) is 0 Å². The van der Waals surface area contributed by atoms with Crippen LogP contribution in [-0.2, 0) is 6.54 Å². The highest BCUT2D eigenvalue weighted by Crippen LogP contribution is 2.20. The Morgan fingerprint density at radius 3 is 2.50 bits per heavy atom. The predicted molar refractivity (Wildman–Crippen MR) is 90.4 cm³/mol. The first-order chi connectivity index (χ1) is 9.47. The Hall–Kier alpha value is -1.87. The minimum atomic E-state index is 0.454. The second-order valence-electron chi connectivity index (χ2n) is 5.21. The van der Waals surface area contributed by atoms with E-state index in [1.54, 1.807) is 0 Å². The van der Waals surface area contributed by atoms with Crippen LogP contribution in [0.15, 0.2) is 42.5 Å². The van der Waals surface area contributed by atoms with Gasteiger partial charge in [0.05, 0.1) is 0 Å². The Morgan fingerprint density at radius 1 is 1.15 bits per heavy atom. The summed E-state index contributed by atoms with van der Waals surface area (Å²) in [5.41, 5.74) is 11.5. The Kier molecular flexibility index (Phi) is 4.40. The van der Waals surface area contributed by atoms with Gasteiger partial charge in [-0.15, -0.1) is 0 Å². The van der Waals surface area contributed by atoms with E-state index in [1.165, 1.54) is 16.8 Å². The van der Waals surface area contributed by atoms with Crippen molar-refractivity contribution in [2.75, 3.05) is 11.9 Å². The largest absolute Gasteiger partial charge is 0.389 e. The lowest BCUT2D eigenvalue weighted by atomic mass is 10.1. The third-order valence-electron chi connectivity index (χ3n) is 3.42. The van der Waals surface area contributed by atoms with Crippen molar-refractivity contribution in [3.8, 4) is 0 Å². The number of nitrogens with zero attached hydrogens (tertiary/aromatic N) is 1. The highest BCUT2D eigenvalue weighted by molar-refractivity contribution is 7.80. The summed E-state index contributed by atoms with van der Waals surface area (Å²) in [6, 6.07) is 14.8. The van der Waals surface area contributed by atoms with E-state index in [1.807, 2.05) is 13.0 Å². The molecule has 0 aliphatic heterocycles. The molecule has 0 unspecified atom stereocenters. The van der Waals surface area contributed by atoms with Crippen LogP contribution in [0.1, 0.15) is 22.3 Å². The van der Waals surface area contributed by atoms with Crippen LogP contribution in [0.25, 0.3) is 0 Å². The fraction of sp³-hybridized carbons (Fsp3) is 0.235. The molecular formula is C17H20N2S. The van der Waals surface area contributed by atoms with Gasteiger partial charge in [0.25, 0.3) is 0 Å². The molecule has 0 aliphatic rings. The molecule has 0 fully saturated rings. The Balaban J connectivity index is 2.19. The van der Waals surface area contributed by atoms with Crippen LogP contribution in [-0.4, -0.2) is 12.0 Å². The third kappa shape index (κ3) is 3.36. The summed E-state index contributed by atoms with van der Waals surface area (Å²) >= 11 is 5.04. The predicted octanol–water partition coefficient (Wildman–Crippen LogP) is 3.57. The molecule has 0 amide bonds. The topological polar surface area (TPSA) is 29.3 Å². The van der Waals surface area contributed by atoms with Crippen molar-refractivity contribution in [1.82, 2.24) is 0 Å². The molecule has 2 aromatic rings. The van der Waals surface area contributed by atoms with Crippen LogP contribution in [0.3, 0.4) is 0 Å². The molecule has 2 nitrogen and oxygen atoms in total. The van der Waals surface area contributed by atoms with Crippen LogP contribution in [0.4, 0.5) is 5.69 Å². The number of thiocarbonyl (C=S) groups is 1. The number of anilines is 1. The van der Waals surface area contributed by atoms with Gasteiger partial charge in [0.2, 0.25) is 0 Å². The van der Waals surface area contributed by atoms with Crippen molar-refractivity contribution in [2.24, 2.45) is 5.73 Å². The first-order valence-electron chi connectivity index (χ1n) is 6.64. The van der Waals surface area contributed by atoms with E-state index < -0.39 is 0 Å². The van der Waals surface area contributed by atoms with Crippen LogP contribution < -0.4 is 10.6 Å². The first kappa shape index (κ1) is 14.5. The summed E-state index contributed by atoms with van der Waals surface area (Å²) in [4.78, 5) is 2.68. The molecular weight excluding hydrogens is 264 g/mol. The second-order valence-corrected chi connectivity index (χ2v) is 5.65. The van der Waals surface area contributed by atoms with Gasteiger partial charge in [-0.25, -0.2) is 0 Å². The molecule has 0 heterocycles. The molecule has 0 aromatic heterocycles. The molecule has 0 bridgehead atoms. The number of aryl methyl sites for hydroxylation is 2. The normalized spacial score (nSPS) is 10.3. The molecule has 0 atom stereocenters. The maximum Gasteiger partial charge on any atom is 0.104 e. The Morgan fingerprint density at radius 2 is 1.90 bits per heavy atom. The van der Waals surface area contributed by atoms with Gasteiger partial charge in [-0.05, 0) is 43.2 Å². The summed E-state index contributed by atoms with van der Waals surface area (Å²) in [6.07, 6.45) is 0. The van der Waals surface area contributed by atoms with Crippen LogP contribution in [0.2, 0.25) is 0 Å². The molecule has 0 saturated heterocycles. The molecule has 0 saturated carbocycles. The van der Waals surface area contributed by atoms with Gasteiger partial charge >= 0.3 is 0 Å². The van der Waals surface area contributed by atoms with E-state index in [4.69, 9.17) is 18.0 Å². The lowest BCUT2D eigenvalue weighted by Gasteiger charge is -2.21. The van der Waals surface area contributed by atoms with E-state index in [-0.39, 0.29) is 0 Å². The average Bonchev–Trinajstić information content (AvgIpc) is 2.38. The van der Waals surface area contributed by atoms with Gasteiger partial charge in [0, 0.05) is 24.8 Å². The molecule has 3 heteroatoms. The van der Waals surface area contributed by atoms with Gasteiger partial charge in [0.15, 0.2) is 0 Å². The van der Waals surface area contributed by atoms with E-state index in [0.29, 0.717) is 4.99 Å². The zero-order valence-electron chi connectivity index (χ0n) is 12.2. The summed E-state index contributed by atoms with van der Waals surface area (Å²) in [5, 5.41) is 0. The molecule has 2 N–H and O–H groups in total. The molecule has 20 heavy (non-hydrogen) atoms. The van der Waals surface area contributed by atoms with Crippen LogP contribution >= 0.6 is 12.2 Å². The van der Waals surface area contributed by atoms with Gasteiger partial charge in [0.1, 0.15) is 4.99 Å². The lowest BCUT2D eigenvalue weighted by molar-refractivity contribution is 0.920. The summed E-state index contributed by atoms with van der Waals surface area (Å²) in [7, 11) is 2.09. The van der Waals surface area contributed by atoms with E-state index in [2.05, 4.69) is 55.3 Å². The minimum Gasteiger partial charge on any atom is -0.389 e. The molecule has 104 valence electrons. The van der Waals surface area contributed by atoms with Crippen molar-refractivity contribution in [2.45, 2.75) is 20.4 Å². The highest BCUT2D eigenvalue weighted by Gasteiger charge is 2.06. The fourth-order valence-electron chi connectivity index (χ4n) is 2.34. The highest BCUT2D eigenvalue weighted by atomic mass is 32.1. The number of hydrogen-bond acceptors (Lipinski definition) is 2. The van der Waals surface area contributed by atoms with Crippen LogP contribution in [0, 0.1) is 13.8 Å². The fourth-order valence-corrected chi connectivity index (χ4v) is 2.57. The van der Waals surface area contributed by atoms with E-state index >= 15 is 0 Å². The molecule has 0 radical (unpaired) electrons. The van der Waals surface area contributed by atoms with Crippen molar-refractivity contribution >= 4 is 22.9 Å². The smallest absolute Gasteiger partial charge is 0.104 e. The summed E-state index contributed by atoms with van der Waals surface area (Å²) in [5.74, 6) is 0. The molecule has 0 aliphatic carbocycles. The summed E-state index contributed by atoms with van der Waals surface area (Å²) in [6.45, 7) is 5.04. The third-order valence-corrected chi connectivity index (χ3v) is 3.64. The zero-order valence-corrected chi connectivity index (χ0v) is 13.0. The van der Waals surface area contributed by atoms with Crippen molar-refractivity contribution in [3.63, 3.8) is 0 Å².